The first-order chi connectivity index (χ1) is 10.0. The van der Waals surface area contributed by atoms with Gasteiger partial charge in [0.05, 0.1) is 12.0 Å². The number of methoxy groups -OCH3 is 1. The topological polar surface area (TPSA) is 87.3 Å². The van der Waals surface area contributed by atoms with E-state index in [1.807, 2.05) is 0 Å². The first-order valence-corrected chi connectivity index (χ1v) is 6.06. The highest BCUT2D eigenvalue weighted by Crippen LogP contribution is 2.28. The van der Waals surface area contributed by atoms with Crippen molar-refractivity contribution in [2.45, 2.75) is 6.92 Å². The molecule has 0 aliphatic carbocycles. The summed E-state index contributed by atoms with van der Waals surface area (Å²) in [5.74, 6) is -0.0679. The van der Waals surface area contributed by atoms with Gasteiger partial charge < -0.3 is 4.74 Å². The molecular formula is C14H13N3O4. The predicted molar refractivity (Wildman–Crippen MR) is 76.2 cm³/mol. The molecule has 0 fully saturated rings. The molecule has 0 N–H and O–H groups in total. The van der Waals surface area contributed by atoms with E-state index in [2.05, 4.69) is 4.98 Å². The summed E-state index contributed by atoms with van der Waals surface area (Å²) in [4.78, 5) is 26.3. The molecule has 0 spiro atoms. The van der Waals surface area contributed by atoms with E-state index in [0.29, 0.717) is 11.1 Å². The van der Waals surface area contributed by atoms with Crippen molar-refractivity contribution in [1.82, 2.24) is 9.55 Å². The minimum atomic E-state index is -0.525. The summed E-state index contributed by atoms with van der Waals surface area (Å²) in [6.07, 6.45) is 6.02. The maximum atomic E-state index is 12.0. The lowest BCUT2D eigenvalue weighted by atomic mass is 10.1. The molecule has 0 bridgehead atoms. The first kappa shape index (κ1) is 14.4. The summed E-state index contributed by atoms with van der Waals surface area (Å²) in [5.41, 5.74) is 0.843. The molecule has 0 saturated carbocycles. The molecule has 0 aliphatic rings. The van der Waals surface area contributed by atoms with Crippen LogP contribution in [0.25, 0.3) is 6.08 Å². The van der Waals surface area contributed by atoms with Crippen molar-refractivity contribution in [3.63, 3.8) is 0 Å². The van der Waals surface area contributed by atoms with Crippen LogP contribution in [0.2, 0.25) is 0 Å². The predicted octanol–water partition coefficient (Wildman–Crippen LogP) is 2.54. The third kappa shape index (κ3) is 3.14. The Labute approximate surface area is 120 Å². The van der Waals surface area contributed by atoms with Crippen LogP contribution in [0.3, 0.4) is 0 Å². The van der Waals surface area contributed by atoms with Gasteiger partial charge in [-0.1, -0.05) is 6.07 Å². The van der Waals surface area contributed by atoms with Gasteiger partial charge in [-0.3, -0.25) is 19.5 Å². The number of rotatable bonds is 4. The number of carbonyl (C=O) groups excluding carboxylic acids is 1. The van der Waals surface area contributed by atoms with Crippen LogP contribution in [0.5, 0.6) is 5.75 Å². The number of hydrogen-bond acceptors (Lipinski definition) is 5. The minimum absolute atomic E-state index is 0.144. The standard InChI is InChI=1S/C14H13N3O4/c1-10(14(18)16-6-5-15-9-16)7-11-3-4-13(21-2)12(8-11)17(19)20/h3-9H,1-2H3. The van der Waals surface area contributed by atoms with Gasteiger partial charge in [-0.2, -0.15) is 0 Å². The van der Waals surface area contributed by atoms with Gasteiger partial charge in [-0.25, -0.2) is 4.98 Å². The Morgan fingerprint density at radius 3 is 2.81 bits per heavy atom. The second kappa shape index (κ2) is 6.00. The second-order valence-corrected chi connectivity index (χ2v) is 4.29. The SMILES string of the molecule is COc1ccc(C=C(C)C(=O)n2ccnc2)cc1[N+](=O)[O-]. The fourth-order valence-electron chi connectivity index (χ4n) is 1.83. The third-order valence-electron chi connectivity index (χ3n) is 2.86. The average Bonchev–Trinajstić information content (AvgIpc) is 3.00. The van der Waals surface area contributed by atoms with Crippen LogP contribution < -0.4 is 4.74 Å². The second-order valence-electron chi connectivity index (χ2n) is 4.29. The fraction of sp³-hybridized carbons (Fsp3) is 0.143. The zero-order chi connectivity index (χ0) is 15.4. The van der Waals surface area contributed by atoms with Crippen LogP contribution in [0.15, 0.2) is 42.5 Å². The first-order valence-electron chi connectivity index (χ1n) is 6.06. The molecule has 0 radical (unpaired) electrons. The van der Waals surface area contributed by atoms with E-state index in [4.69, 9.17) is 4.74 Å². The Kier molecular flexibility index (Phi) is 4.13. The van der Waals surface area contributed by atoms with Crippen molar-refractivity contribution in [3.8, 4) is 5.75 Å². The van der Waals surface area contributed by atoms with Crippen LogP contribution in [0.4, 0.5) is 5.69 Å². The zero-order valence-corrected chi connectivity index (χ0v) is 11.5. The smallest absolute Gasteiger partial charge is 0.311 e. The number of allylic oxidation sites excluding steroid dienone is 1. The molecule has 2 rings (SSSR count). The van der Waals surface area contributed by atoms with Crippen molar-refractivity contribution in [1.29, 1.82) is 0 Å². The van der Waals surface area contributed by atoms with Gasteiger partial charge in [0.15, 0.2) is 5.75 Å². The van der Waals surface area contributed by atoms with Gasteiger partial charge in [0, 0.05) is 24.0 Å². The Bertz CT molecular complexity index is 705. The van der Waals surface area contributed by atoms with Crippen molar-refractivity contribution in [2.75, 3.05) is 7.11 Å². The van der Waals surface area contributed by atoms with E-state index in [-0.39, 0.29) is 17.3 Å². The number of aromatic nitrogens is 2. The van der Waals surface area contributed by atoms with E-state index in [1.165, 1.54) is 42.5 Å². The average molecular weight is 287 g/mol. The highest BCUT2D eigenvalue weighted by atomic mass is 16.6. The molecule has 7 nitrogen and oxygen atoms in total. The molecule has 2 aromatic rings. The van der Waals surface area contributed by atoms with E-state index in [9.17, 15) is 14.9 Å². The highest BCUT2D eigenvalue weighted by molar-refractivity contribution is 5.98. The molecule has 0 unspecified atom stereocenters. The number of benzene rings is 1. The molecule has 7 heteroatoms. The maximum Gasteiger partial charge on any atom is 0.311 e. The van der Waals surface area contributed by atoms with Crippen LogP contribution >= 0.6 is 0 Å². The number of nitrogens with zero attached hydrogens (tertiary/aromatic N) is 3. The molecule has 0 atom stereocenters. The summed E-state index contributed by atoms with van der Waals surface area (Å²) in [6.45, 7) is 1.64. The Morgan fingerprint density at radius 1 is 1.48 bits per heavy atom. The van der Waals surface area contributed by atoms with Gasteiger partial charge in [0.25, 0.3) is 5.91 Å². The molecular weight excluding hydrogens is 274 g/mol. The van der Waals surface area contributed by atoms with Crippen LogP contribution in [-0.4, -0.2) is 27.5 Å². The fourth-order valence-corrected chi connectivity index (χ4v) is 1.83. The van der Waals surface area contributed by atoms with Crippen molar-refractivity contribution in [2.24, 2.45) is 0 Å². The number of imidazole rings is 1. The molecule has 21 heavy (non-hydrogen) atoms. The summed E-state index contributed by atoms with van der Waals surface area (Å²) < 4.78 is 6.27. The molecule has 1 aromatic carbocycles. The summed E-state index contributed by atoms with van der Waals surface area (Å²) in [5, 5.41) is 11.0. The lowest BCUT2D eigenvalue weighted by Gasteiger charge is -2.04. The largest absolute Gasteiger partial charge is 0.490 e. The van der Waals surface area contributed by atoms with Gasteiger partial charge >= 0.3 is 5.69 Å². The van der Waals surface area contributed by atoms with E-state index in [1.54, 1.807) is 19.1 Å². The molecule has 1 aromatic heterocycles. The Balaban J connectivity index is 2.34. The normalized spacial score (nSPS) is 11.2. The number of nitro groups is 1. The van der Waals surface area contributed by atoms with Gasteiger partial charge in [0.2, 0.25) is 0 Å². The van der Waals surface area contributed by atoms with E-state index in [0.717, 1.165) is 0 Å². The lowest BCUT2D eigenvalue weighted by Crippen LogP contribution is -2.09. The van der Waals surface area contributed by atoms with Gasteiger partial charge in [-0.05, 0) is 24.6 Å². The van der Waals surface area contributed by atoms with E-state index < -0.39 is 4.92 Å². The highest BCUT2D eigenvalue weighted by Gasteiger charge is 2.15. The lowest BCUT2D eigenvalue weighted by molar-refractivity contribution is -0.385. The Hall–Kier alpha value is -2.96. The Morgan fingerprint density at radius 2 is 2.24 bits per heavy atom. The van der Waals surface area contributed by atoms with Crippen LogP contribution in [-0.2, 0) is 0 Å². The summed E-state index contributed by atoms with van der Waals surface area (Å²) >= 11 is 0. The summed E-state index contributed by atoms with van der Waals surface area (Å²) in [7, 11) is 1.37. The number of carbonyl (C=O) groups is 1. The van der Waals surface area contributed by atoms with Crippen molar-refractivity contribution in [3.05, 3.63) is 58.2 Å². The van der Waals surface area contributed by atoms with Crippen molar-refractivity contribution < 1.29 is 14.5 Å². The molecule has 0 amide bonds. The monoisotopic (exact) mass is 287 g/mol. The van der Waals surface area contributed by atoms with Crippen molar-refractivity contribution >= 4 is 17.7 Å². The maximum absolute atomic E-state index is 12.0. The van der Waals surface area contributed by atoms with Crippen LogP contribution in [0.1, 0.15) is 17.3 Å². The van der Waals surface area contributed by atoms with Gasteiger partial charge in [-0.15, -0.1) is 0 Å². The number of ether oxygens (including phenoxy) is 1. The van der Waals surface area contributed by atoms with E-state index >= 15 is 0 Å². The number of hydrogen-bond donors (Lipinski definition) is 0. The molecule has 1 heterocycles. The minimum Gasteiger partial charge on any atom is -0.490 e. The summed E-state index contributed by atoms with van der Waals surface area (Å²) in [6, 6.07) is 4.51. The third-order valence-corrected chi connectivity index (χ3v) is 2.86. The quantitative estimate of drug-likeness (QED) is 0.490. The van der Waals surface area contributed by atoms with Gasteiger partial charge in [0.1, 0.15) is 6.33 Å². The number of nitro benzene ring substituents is 1. The molecule has 108 valence electrons. The zero-order valence-electron chi connectivity index (χ0n) is 11.5. The molecule has 0 saturated heterocycles. The molecule has 0 aliphatic heterocycles. The van der Waals surface area contributed by atoms with Crippen LogP contribution in [0, 0.1) is 10.1 Å².